The molecule has 3 unspecified atom stereocenters. The maximum Gasteiger partial charge on any atom is 0.0918 e. The van der Waals surface area contributed by atoms with Crippen LogP contribution in [-0.4, -0.2) is 22.7 Å². The lowest BCUT2D eigenvalue weighted by Gasteiger charge is -2.34. The van der Waals surface area contributed by atoms with E-state index in [4.69, 9.17) is 9.47 Å². The van der Waals surface area contributed by atoms with E-state index in [2.05, 4.69) is 70.6 Å². The summed E-state index contributed by atoms with van der Waals surface area (Å²) in [7, 11) is 0. The van der Waals surface area contributed by atoms with Gasteiger partial charge in [0, 0.05) is 8.90 Å². The first-order valence-electron chi connectivity index (χ1n) is 6.71. The number of hydrogen-bond donors (Lipinski definition) is 0. The average Bonchev–Trinajstić information content (AvgIpc) is 2.34. The highest BCUT2D eigenvalue weighted by atomic mass is 127. The lowest BCUT2D eigenvalue weighted by atomic mass is 10.0. The third-order valence-corrected chi connectivity index (χ3v) is 4.66. The molecule has 19 heavy (non-hydrogen) atoms. The molecule has 0 radical (unpaired) electrons. The maximum absolute atomic E-state index is 6.31. The third-order valence-electron chi connectivity index (χ3n) is 3.37. The van der Waals surface area contributed by atoms with Crippen molar-refractivity contribution in [2.75, 3.05) is 4.43 Å². The Kier molecular flexibility index (Phi) is 6.11. The number of ether oxygens (including phenoxy) is 2. The van der Waals surface area contributed by atoms with Crippen LogP contribution < -0.4 is 0 Å². The van der Waals surface area contributed by atoms with Crippen molar-refractivity contribution in [2.24, 2.45) is 0 Å². The van der Waals surface area contributed by atoms with Crippen molar-refractivity contribution in [1.29, 1.82) is 0 Å². The summed E-state index contributed by atoms with van der Waals surface area (Å²) < 4.78 is 14.2. The molecule has 0 bridgehead atoms. The van der Waals surface area contributed by atoms with Gasteiger partial charge in [0.1, 0.15) is 0 Å². The number of hydrogen-bond acceptors (Lipinski definition) is 2. The molecule has 0 amide bonds. The fourth-order valence-electron chi connectivity index (χ4n) is 2.60. The molecule has 106 valence electrons. The predicted molar refractivity (Wildman–Crippen MR) is 89.9 cm³/mol. The molecule has 0 saturated carbocycles. The van der Waals surface area contributed by atoms with Gasteiger partial charge in [-0.3, -0.25) is 0 Å². The monoisotopic (exact) mass is 438 g/mol. The first kappa shape index (κ1) is 15.7. The Morgan fingerprint density at radius 3 is 2.63 bits per heavy atom. The van der Waals surface area contributed by atoms with Gasteiger partial charge in [0.15, 0.2) is 0 Å². The van der Waals surface area contributed by atoms with Crippen molar-refractivity contribution in [3.8, 4) is 0 Å². The van der Waals surface area contributed by atoms with Crippen molar-refractivity contribution < 1.29 is 9.47 Å². The zero-order chi connectivity index (χ0) is 13.8. The van der Waals surface area contributed by atoms with Crippen LogP contribution in [0.4, 0.5) is 0 Å². The van der Waals surface area contributed by atoms with Crippen LogP contribution in [-0.2, 0) is 9.47 Å². The Bertz CT molecular complexity index is 403. The lowest BCUT2D eigenvalue weighted by Crippen LogP contribution is -2.35. The highest BCUT2D eigenvalue weighted by Crippen LogP contribution is 2.29. The topological polar surface area (TPSA) is 18.5 Å². The highest BCUT2D eigenvalue weighted by molar-refractivity contribution is 14.1. The molecule has 2 nitrogen and oxygen atoms in total. The van der Waals surface area contributed by atoms with Crippen LogP contribution in [0.15, 0.2) is 28.7 Å². The summed E-state index contributed by atoms with van der Waals surface area (Å²) in [6, 6.07) is 8.40. The van der Waals surface area contributed by atoms with E-state index in [0.717, 1.165) is 21.7 Å². The van der Waals surface area contributed by atoms with Gasteiger partial charge in [-0.2, -0.15) is 0 Å². The Labute approximate surface area is 137 Å². The summed E-state index contributed by atoms with van der Waals surface area (Å²) in [5.41, 5.74) is 1.25. The summed E-state index contributed by atoms with van der Waals surface area (Å²) in [6.45, 7) is 4.26. The molecule has 0 N–H and O–H groups in total. The predicted octanol–water partition coefficient (Wildman–Crippen LogP) is 4.90. The average molecular weight is 439 g/mol. The largest absolute Gasteiger partial charge is 0.375 e. The van der Waals surface area contributed by atoms with Crippen LogP contribution in [0, 0.1) is 0 Å². The van der Waals surface area contributed by atoms with Gasteiger partial charge in [0.25, 0.3) is 0 Å². The fraction of sp³-hybridized carbons (Fsp3) is 0.600. The minimum absolute atomic E-state index is 0.167. The van der Waals surface area contributed by atoms with Gasteiger partial charge < -0.3 is 9.47 Å². The molecule has 1 aliphatic rings. The van der Waals surface area contributed by atoms with Crippen LogP contribution >= 0.6 is 38.5 Å². The standard InChI is InChI=1S/C15H20BrIO2/c1-10-6-14(7-11(2)18-10)19-15(9-17)12-4-3-5-13(16)8-12/h3-5,8,10-11,14-15H,6-7,9H2,1-2H3. The normalized spacial score (nSPS) is 29.2. The first-order valence-corrected chi connectivity index (χ1v) is 9.02. The lowest BCUT2D eigenvalue weighted by molar-refractivity contribution is -0.118. The molecule has 1 aromatic rings. The summed E-state index contributed by atoms with van der Waals surface area (Å²) in [6.07, 6.45) is 3.05. The third kappa shape index (κ3) is 4.69. The summed E-state index contributed by atoms with van der Waals surface area (Å²) in [4.78, 5) is 0. The van der Waals surface area contributed by atoms with Crippen LogP contribution in [0.2, 0.25) is 0 Å². The molecule has 0 aliphatic carbocycles. The first-order chi connectivity index (χ1) is 9.08. The number of rotatable bonds is 4. The molecular formula is C15H20BrIO2. The zero-order valence-electron chi connectivity index (χ0n) is 11.3. The van der Waals surface area contributed by atoms with E-state index < -0.39 is 0 Å². The maximum atomic E-state index is 6.31. The van der Waals surface area contributed by atoms with Crippen molar-refractivity contribution in [1.82, 2.24) is 0 Å². The second-order valence-electron chi connectivity index (χ2n) is 5.18. The van der Waals surface area contributed by atoms with Gasteiger partial charge >= 0.3 is 0 Å². The Balaban J connectivity index is 2.02. The molecule has 1 aromatic carbocycles. The smallest absolute Gasteiger partial charge is 0.0918 e. The minimum atomic E-state index is 0.167. The molecule has 1 aliphatic heterocycles. The van der Waals surface area contributed by atoms with Gasteiger partial charge in [-0.15, -0.1) is 0 Å². The van der Waals surface area contributed by atoms with E-state index in [9.17, 15) is 0 Å². The molecule has 3 atom stereocenters. The minimum Gasteiger partial charge on any atom is -0.375 e. The van der Waals surface area contributed by atoms with E-state index in [1.807, 2.05) is 6.07 Å². The van der Waals surface area contributed by atoms with E-state index in [1.54, 1.807) is 0 Å². The SMILES string of the molecule is CC1CC(OC(CI)c2cccc(Br)c2)CC(C)O1. The van der Waals surface area contributed by atoms with Crippen LogP contribution in [0.3, 0.4) is 0 Å². The molecule has 0 aromatic heterocycles. The van der Waals surface area contributed by atoms with Crippen LogP contribution in [0.1, 0.15) is 38.4 Å². The molecule has 1 fully saturated rings. The Morgan fingerprint density at radius 1 is 1.37 bits per heavy atom. The summed E-state index contributed by atoms with van der Waals surface area (Å²) in [5, 5.41) is 0. The number of halogens is 2. The highest BCUT2D eigenvalue weighted by Gasteiger charge is 2.27. The summed E-state index contributed by atoms with van der Waals surface area (Å²) >= 11 is 5.93. The van der Waals surface area contributed by atoms with Gasteiger partial charge in [-0.1, -0.05) is 50.7 Å². The van der Waals surface area contributed by atoms with E-state index in [0.29, 0.717) is 18.3 Å². The zero-order valence-corrected chi connectivity index (χ0v) is 15.1. The number of alkyl halides is 1. The van der Waals surface area contributed by atoms with E-state index in [1.165, 1.54) is 5.56 Å². The quantitative estimate of drug-likeness (QED) is 0.491. The van der Waals surface area contributed by atoms with Gasteiger partial charge in [-0.05, 0) is 44.4 Å². The van der Waals surface area contributed by atoms with Crippen LogP contribution in [0.25, 0.3) is 0 Å². The Morgan fingerprint density at radius 2 is 2.05 bits per heavy atom. The number of benzene rings is 1. The molecule has 1 heterocycles. The van der Waals surface area contributed by atoms with Crippen molar-refractivity contribution in [2.45, 2.75) is 51.1 Å². The van der Waals surface area contributed by atoms with Gasteiger partial charge in [0.05, 0.1) is 24.4 Å². The second kappa shape index (κ2) is 7.38. The summed E-state index contributed by atoms with van der Waals surface area (Å²) in [5.74, 6) is 0. The van der Waals surface area contributed by atoms with Crippen LogP contribution in [0.5, 0.6) is 0 Å². The van der Waals surface area contributed by atoms with Gasteiger partial charge in [-0.25, -0.2) is 0 Å². The second-order valence-corrected chi connectivity index (χ2v) is 6.98. The molecule has 1 saturated heterocycles. The molecule has 4 heteroatoms. The van der Waals surface area contributed by atoms with E-state index >= 15 is 0 Å². The van der Waals surface area contributed by atoms with Crippen molar-refractivity contribution in [3.05, 3.63) is 34.3 Å². The molecule has 2 rings (SSSR count). The molecular weight excluding hydrogens is 419 g/mol. The fourth-order valence-corrected chi connectivity index (χ4v) is 3.73. The Hall–Kier alpha value is 0.350. The van der Waals surface area contributed by atoms with Crippen molar-refractivity contribution in [3.63, 3.8) is 0 Å². The van der Waals surface area contributed by atoms with E-state index in [-0.39, 0.29) is 6.10 Å². The van der Waals surface area contributed by atoms with Crippen molar-refractivity contribution >= 4 is 38.5 Å². The van der Waals surface area contributed by atoms with Gasteiger partial charge in [0.2, 0.25) is 0 Å². The molecule has 0 spiro atoms.